The molecule has 0 fully saturated rings. The van der Waals surface area contributed by atoms with E-state index in [1.165, 1.54) is 0 Å². The van der Waals surface area contributed by atoms with Crippen LogP contribution in [0.1, 0.15) is 13.8 Å². The summed E-state index contributed by atoms with van der Waals surface area (Å²) in [4.78, 5) is 8.10. The molecule has 1 aliphatic heterocycles. The van der Waals surface area contributed by atoms with E-state index in [9.17, 15) is 0 Å². The molecule has 1 heterocycles. The second-order valence-electron chi connectivity index (χ2n) is 2.16. The van der Waals surface area contributed by atoms with Crippen molar-refractivity contribution in [1.29, 1.82) is 0 Å². The van der Waals surface area contributed by atoms with Crippen molar-refractivity contribution in [2.75, 3.05) is 0 Å². The largest absolute Gasteiger partial charge is 0.267 e. The minimum absolute atomic E-state index is 0.389. The predicted molar refractivity (Wildman–Crippen MR) is 39.9 cm³/mol. The van der Waals surface area contributed by atoms with Gasteiger partial charge in [0.25, 0.3) is 0 Å². The predicted octanol–water partition coefficient (Wildman–Crippen LogP) is 1.64. The average Bonchev–Trinajstić information content (AvgIpc) is 1.99. The normalized spacial score (nSPS) is 25.6. The van der Waals surface area contributed by atoms with Gasteiger partial charge < -0.3 is 0 Å². The third-order valence-corrected chi connectivity index (χ3v) is 1.40. The molecule has 1 unspecified atom stereocenters. The number of hydrogen-bond acceptors (Lipinski definition) is 2. The number of hydrogen-bond donors (Lipinski definition) is 0. The first-order valence-corrected chi connectivity index (χ1v) is 3.03. The van der Waals surface area contributed by atoms with E-state index in [2.05, 4.69) is 16.9 Å². The van der Waals surface area contributed by atoms with Crippen LogP contribution in [0.4, 0.5) is 0 Å². The number of rotatable bonds is 0. The van der Waals surface area contributed by atoms with Gasteiger partial charge in [-0.15, -0.1) is 0 Å². The smallest absolute Gasteiger partial charge is 0.0450 e. The Morgan fingerprint density at radius 2 is 2.22 bits per heavy atom. The summed E-state index contributed by atoms with van der Waals surface area (Å²) in [6, 6.07) is 0. The fourth-order valence-electron chi connectivity index (χ4n) is 0.594. The Morgan fingerprint density at radius 3 is 3.00 bits per heavy atom. The molecule has 0 bridgehead atoms. The molecule has 0 aromatic rings. The Morgan fingerprint density at radius 1 is 1.44 bits per heavy atom. The monoisotopic (exact) mass is 122 g/mol. The molecule has 0 amide bonds. The zero-order valence-corrected chi connectivity index (χ0v) is 5.70. The average molecular weight is 122 g/mol. The molecule has 0 aliphatic carbocycles. The first-order chi connectivity index (χ1) is 4.30. The zero-order valence-electron chi connectivity index (χ0n) is 5.70. The van der Waals surface area contributed by atoms with E-state index in [4.69, 9.17) is 0 Å². The summed E-state index contributed by atoms with van der Waals surface area (Å²) >= 11 is 0. The Hall–Kier alpha value is -0.920. The van der Waals surface area contributed by atoms with Gasteiger partial charge in [-0.3, -0.25) is 9.98 Å². The Labute approximate surface area is 55.0 Å². The van der Waals surface area contributed by atoms with Gasteiger partial charge in [-0.2, -0.15) is 0 Å². The van der Waals surface area contributed by atoms with Crippen molar-refractivity contribution in [3.05, 3.63) is 12.4 Å². The van der Waals surface area contributed by atoms with Gasteiger partial charge in [0.1, 0.15) is 0 Å². The summed E-state index contributed by atoms with van der Waals surface area (Å²) in [6.45, 7) is 4.08. The van der Waals surface area contributed by atoms with Crippen molar-refractivity contribution in [2.45, 2.75) is 13.8 Å². The molecule has 1 aliphatic rings. The first kappa shape index (κ1) is 6.20. The van der Waals surface area contributed by atoms with Gasteiger partial charge in [0, 0.05) is 30.2 Å². The van der Waals surface area contributed by atoms with Crippen LogP contribution in [-0.2, 0) is 0 Å². The van der Waals surface area contributed by atoms with Gasteiger partial charge in [0.05, 0.1) is 0 Å². The van der Waals surface area contributed by atoms with E-state index < -0.39 is 0 Å². The fourth-order valence-corrected chi connectivity index (χ4v) is 0.594. The lowest BCUT2D eigenvalue weighted by Crippen LogP contribution is -2.06. The molecule has 2 nitrogen and oxygen atoms in total. The molecule has 0 spiro atoms. The molecule has 1 atom stereocenters. The molecule has 0 N–H and O–H groups in total. The van der Waals surface area contributed by atoms with Crippen molar-refractivity contribution < 1.29 is 0 Å². The summed E-state index contributed by atoms with van der Waals surface area (Å²) in [7, 11) is 0. The maximum absolute atomic E-state index is 4.12. The van der Waals surface area contributed by atoms with Gasteiger partial charge in [0.2, 0.25) is 0 Å². The number of aliphatic imine (C=N–C) groups is 2. The highest BCUT2D eigenvalue weighted by Crippen LogP contribution is 1.99. The van der Waals surface area contributed by atoms with Crippen LogP contribution < -0.4 is 0 Å². The van der Waals surface area contributed by atoms with Crippen molar-refractivity contribution in [3.63, 3.8) is 0 Å². The van der Waals surface area contributed by atoms with Crippen LogP contribution in [0.2, 0.25) is 0 Å². The van der Waals surface area contributed by atoms with Crippen molar-refractivity contribution in [1.82, 2.24) is 0 Å². The van der Waals surface area contributed by atoms with E-state index in [1.807, 2.05) is 13.1 Å². The Kier molecular flexibility index (Phi) is 1.78. The van der Waals surface area contributed by atoms with Crippen LogP contribution in [0.5, 0.6) is 0 Å². The first-order valence-electron chi connectivity index (χ1n) is 3.03. The highest BCUT2D eigenvalue weighted by molar-refractivity contribution is 5.97. The molecule has 0 aromatic heterocycles. The molecule has 48 valence electrons. The number of nitrogens with zero attached hydrogens (tertiary/aromatic N) is 2. The fraction of sp³-hybridized carbons (Fsp3) is 0.429. The van der Waals surface area contributed by atoms with Crippen molar-refractivity contribution >= 4 is 11.9 Å². The second-order valence-corrected chi connectivity index (χ2v) is 2.16. The second kappa shape index (κ2) is 2.58. The lowest BCUT2D eigenvalue weighted by Gasteiger charge is -1.99. The Balaban J connectivity index is 2.80. The van der Waals surface area contributed by atoms with Crippen LogP contribution in [0.15, 0.2) is 22.4 Å². The van der Waals surface area contributed by atoms with Crippen LogP contribution in [-0.4, -0.2) is 11.9 Å². The molecule has 0 radical (unpaired) electrons. The topological polar surface area (TPSA) is 24.7 Å². The zero-order chi connectivity index (χ0) is 6.69. The summed E-state index contributed by atoms with van der Waals surface area (Å²) in [6.07, 6.45) is 5.31. The van der Waals surface area contributed by atoms with Gasteiger partial charge in [-0.05, 0) is 6.92 Å². The van der Waals surface area contributed by atoms with Crippen molar-refractivity contribution in [2.24, 2.45) is 15.9 Å². The maximum Gasteiger partial charge on any atom is 0.0450 e. The highest BCUT2D eigenvalue weighted by atomic mass is 14.8. The highest BCUT2D eigenvalue weighted by Gasteiger charge is 2.00. The van der Waals surface area contributed by atoms with Gasteiger partial charge in [-0.25, -0.2) is 0 Å². The summed E-state index contributed by atoms with van der Waals surface area (Å²) in [5, 5.41) is 0. The molecular formula is C7H10N2. The van der Waals surface area contributed by atoms with E-state index in [0.717, 1.165) is 5.71 Å². The summed E-state index contributed by atoms with van der Waals surface area (Å²) in [5.41, 5.74) is 1.12. The van der Waals surface area contributed by atoms with Gasteiger partial charge >= 0.3 is 0 Å². The van der Waals surface area contributed by atoms with Crippen LogP contribution in [0.3, 0.4) is 0 Å². The minimum Gasteiger partial charge on any atom is -0.267 e. The van der Waals surface area contributed by atoms with Crippen LogP contribution in [0.25, 0.3) is 0 Å². The van der Waals surface area contributed by atoms with E-state index in [1.54, 1.807) is 12.4 Å². The third kappa shape index (κ3) is 1.49. The molecule has 9 heavy (non-hydrogen) atoms. The van der Waals surface area contributed by atoms with Gasteiger partial charge in [0.15, 0.2) is 0 Å². The molecular weight excluding hydrogens is 112 g/mol. The molecule has 0 saturated carbocycles. The quantitative estimate of drug-likeness (QED) is 0.466. The van der Waals surface area contributed by atoms with Crippen LogP contribution in [0, 0.1) is 5.92 Å². The standard InChI is InChI=1S/C7H10N2/c1-6-5-8-3-4-9-7(6)2/h3-6H,1-2H3. The van der Waals surface area contributed by atoms with E-state index >= 15 is 0 Å². The van der Waals surface area contributed by atoms with E-state index in [0.29, 0.717) is 5.92 Å². The molecule has 0 saturated heterocycles. The van der Waals surface area contributed by atoms with E-state index in [-0.39, 0.29) is 0 Å². The third-order valence-electron chi connectivity index (χ3n) is 1.40. The molecule has 0 aromatic carbocycles. The SMILES string of the molecule is CC1=NC=CN=CC1C. The summed E-state index contributed by atoms with van der Waals surface area (Å²) < 4.78 is 0. The van der Waals surface area contributed by atoms with Gasteiger partial charge in [-0.1, -0.05) is 6.92 Å². The van der Waals surface area contributed by atoms with Crippen molar-refractivity contribution in [3.8, 4) is 0 Å². The summed E-state index contributed by atoms with van der Waals surface area (Å²) in [5.74, 6) is 0.389. The van der Waals surface area contributed by atoms with Crippen LogP contribution >= 0.6 is 0 Å². The minimum atomic E-state index is 0.389. The Bertz CT molecular complexity index is 177. The lowest BCUT2D eigenvalue weighted by atomic mass is 10.1. The maximum atomic E-state index is 4.12. The molecule has 2 heteroatoms. The molecule has 1 rings (SSSR count). The lowest BCUT2D eigenvalue weighted by molar-refractivity contribution is 1.08.